The van der Waals surface area contributed by atoms with Crippen LogP contribution in [0.5, 0.6) is 0 Å². The van der Waals surface area contributed by atoms with Crippen LogP contribution in [0, 0.1) is 5.41 Å². The van der Waals surface area contributed by atoms with Crippen molar-refractivity contribution in [2.75, 3.05) is 18.9 Å². The number of amidine groups is 1. The van der Waals surface area contributed by atoms with Crippen LogP contribution in [0.1, 0.15) is 26.7 Å². The Morgan fingerprint density at radius 2 is 1.88 bits per heavy atom. The lowest BCUT2D eigenvalue weighted by atomic mass is 10.1. The van der Waals surface area contributed by atoms with Crippen LogP contribution in [0.4, 0.5) is 5.69 Å². The fourth-order valence-electron chi connectivity index (χ4n) is 2.16. The number of hydrogen-bond donors (Lipinski definition) is 5. The summed E-state index contributed by atoms with van der Waals surface area (Å²) in [4.78, 5) is 8.80. The smallest absolute Gasteiger partial charge is 0.185 e. The van der Waals surface area contributed by atoms with Gasteiger partial charge in [0.25, 0.3) is 0 Å². The molecule has 7 heteroatoms. The van der Waals surface area contributed by atoms with Gasteiger partial charge in [-0.2, -0.15) is 0 Å². The number of nitrogens with two attached hydrogens (primary N) is 2. The maximum Gasteiger partial charge on any atom is 0.185 e. The lowest BCUT2D eigenvalue weighted by Gasteiger charge is -2.20. The average molecular weight is 331 g/mol. The van der Waals surface area contributed by atoms with E-state index < -0.39 is 0 Å². The molecule has 0 spiro atoms. The molecule has 1 aromatic rings. The van der Waals surface area contributed by atoms with E-state index in [4.69, 9.17) is 16.9 Å². The van der Waals surface area contributed by atoms with Gasteiger partial charge < -0.3 is 22.1 Å². The summed E-state index contributed by atoms with van der Waals surface area (Å²) in [6, 6.07) is 10.2. The summed E-state index contributed by atoms with van der Waals surface area (Å²) in [6.07, 6.45) is 1.48. The molecule has 0 heterocycles. The van der Waals surface area contributed by atoms with Crippen LogP contribution < -0.4 is 22.1 Å². The Morgan fingerprint density at radius 1 is 1.21 bits per heavy atom. The summed E-state index contributed by atoms with van der Waals surface area (Å²) in [5.74, 6) is 0.440. The summed E-state index contributed by atoms with van der Waals surface area (Å²) < 4.78 is 0. The Bertz CT molecular complexity index is 566. The van der Waals surface area contributed by atoms with Crippen LogP contribution in [0.3, 0.4) is 0 Å². The second kappa shape index (κ2) is 10.3. The van der Waals surface area contributed by atoms with Gasteiger partial charge in [-0.25, -0.2) is 0 Å². The van der Waals surface area contributed by atoms with E-state index in [2.05, 4.69) is 27.5 Å². The summed E-state index contributed by atoms with van der Waals surface area (Å²) >= 11 is 0. The Hall–Kier alpha value is -2.57. The molecular weight excluding hydrogens is 302 g/mol. The number of para-hydroxylation sites is 1. The predicted molar refractivity (Wildman–Crippen MR) is 103 cm³/mol. The number of hydrogen-bond acceptors (Lipinski definition) is 4. The zero-order chi connectivity index (χ0) is 17.9. The minimum absolute atomic E-state index is 0.0114. The molecule has 24 heavy (non-hydrogen) atoms. The summed E-state index contributed by atoms with van der Waals surface area (Å²) in [5.41, 5.74) is 13.2. The molecule has 0 fully saturated rings. The zero-order valence-corrected chi connectivity index (χ0v) is 14.7. The Morgan fingerprint density at radius 3 is 2.46 bits per heavy atom. The SMILES string of the molecule is C/N=C(CCCNC(=N)N)\C(N)=N/[C@H](C)C(C)Nc1ccccc1. The summed E-state index contributed by atoms with van der Waals surface area (Å²) in [7, 11) is 1.71. The van der Waals surface area contributed by atoms with Crippen molar-refractivity contribution in [3.63, 3.8) is 0 Å². The quantitative estimate of drug-likeness (QED) is 0.267. The molecule has 0 saturated heterocycles. The molecule has 2 atom stereocenters. The molecule has 0 aliphatic carbocycles. The molecule has 0 aromatic heterocycles. The highest BCUT2D eigenvalue weighted by Gasteiger charge is 2.13. The normalized spacial score (nSPS) is 14.8. The number of rotatable bonds is 9. The molecule has 0 aliphatic rings. The van der Waals surface area contributed by atoms with Crippen molar-refractivity contribution in [1.82, 2.24) is 5.32 Å². The van der Waals surface area contributed by atoms with Crippen LogP contribution in [0.15, 0.2) is 40.3 Å². The molecule has 7 N–H and O–H groups in total. The van der Waals surface area contributed by atoms with Crippen LogP contribution in [0.25, 0.3) is 0 Å². The molecule has 0 aliphatic heterocycles. The van der Waals surface area contributed by atoms with Crippen molar-refractivity contribution in [3.8, 4) is 0 Å². The largest absolute Gasteiger partial charge is 0.382 e. The second-order valence-electron chi connectivity index (χ2n) is 5.67. The molecule has 0 amide bonds. The van der Waals surface area contributed by atoms with Gasteiger partial charge in [-0.05, 0) is 38.8 Å². The van der Waals surface area contributed by atoms with E-state index in [1.54, 1.807) is 7.05 Å². The molecule has 0 bridgehead atoms. The van der Waals surface area contributed by atoms with E-state index >= 15 is 0 Å². The minimum atomic E-state index is -0.0268. The van der Waals surface area contributed by atoms with Gasteiger partial charge in [0.15, 0.2) is 5.96 Å². The molecule has 1 unspecified atom stereocenters. The summed E-state index contributed by atoms with van der Waals surface area (Å²) in [6.45, 7) is 4.72. The number of aliphatic imine (C=N–C) groups is 2. The fraction of sp³-hybridized carbons (Fsp3) is 0.471. The lowest BCUT2D eigenvalue weighted by Crippen LogP contribution is -2.33. The van der Waals surface area contributed by atoms with E-state index in [1.165, 1.54) is 0 Å². The van der Waals surface area contributed by atoms with Crippen LogP contribution in [0.2, 0.25) is 0 Å². The van der Waals surface area contributed by atoms with Gasteiger partial charge in [-0.1, -0.05) is 18.2 Å². The standard InChI is InChI=1S/C17H29N7/c1-12(23-14-8-5-4-6-9-14)13(2)24-16(18)15(21-3)10-7-11-22-17(19)20/h4-6,8-9,12-13,23H,7,10-11H2,1-3H3,(H2,18,24)(H4,19,20,22)/b21-15-/t12?,13-/m1/s1. The Labute approximate surface area is 144 Å². The van der Waals surface area contributed by atoms with E-state index in [1.807, 2.05) is 37.3 Å². The van der Waals surface area contributed by atoms with Crippen molar-refractivity contribution in [2.24, 2.45) is 21.5 Å². The lowest BCUT2D eigenvalue weighted by molar-refractivity contribution is 0.641. The highest BCUT2D eigenvalue weighted by Crippen LogP contribution is 2.10. The molecule has 1 rings (SSSR count). The average Bonchev–Trinajstić information content (AvgIpc) is 2.55. The van der Waals surface area contributed by atoms with Gasteiger partial charge in [0, 0.05) is 25.3 Å². The third kappa shape index (κ3) is 7.13. The first-order valence-electron chi connectivity index (χ1n) is 8.12. The first-order valence-corrected chi connectivity index (χ1v) is 8.12. The topological polar surface area (TPSA) is 125 Å². The molecule has 7 nitrogen and oxygen atoms in total. The van der Waals surface area contributed by atoms with Crippen LogP contribution >= 0.6 is 0 Å². The van der Waals surface area contributed by atoms with Crippen molar-refractivity contribution in [2.45, 2.75) is 38.8 Å². The van der Waals surface area contributed by atoms with Gasteiger partial charge in [-0.15, -0.1) is 0 Å². The minimum Gasteiger partial charge on any atom is -0.382 e. The second-order valence-corrected chi connectivity index (χ2v) is 5.67. The van der Waals surface area contributed by atoms with E-state index in [9.17, 15) is 0 Å². The highest BCUT2D eigenvalue weighted by atomic mass is 15.0. The van der Waals surface area contributed by atoms with Gasteiger partial charge >= 0.3 is 0 Å². The zero-order valence-electron chi connectivity index (χ0n) is 14.7. The van der Waals surface area contributed by atoms with E-state index in [-0.39, 0.29) is 18.0 Å². The van der Waals surface area contributed by atoms with Crippen molar-refractivity contribution >= 4 is 23.2 Å². The third-order valence-electron chi connectivity index (χ3n) is 3.71. The maximum absolute atomic E-state index is 7.12. The number of anilines is 1. The predicted octanol–water partition coefficient (Wildman–Crippen LogP) is 1.57. The van der Waals surface area contributed by atoms with Crippen molar-refractivity contribution in [3.05, 3.63) is 30.3 Å². The van der Waals surface area contributed by atoms with Gasteiger partial charge in [-0.3, -0.25) is 15.4 Å². The van der Waals surface area contributed by atoms with Gasteiger partial charge in [0.05, 0.1) is 11.8 Å². The van der Waals surface area contributed by atoms with E-state index in [0.717, 1.165) is 17.8 Å². The monoisotopic (exact) mass is 331 g/mol. The number of guanidine groups is 1. The van der Waals surface area contributed by atoms with Gasteiger partial charge in [0.2, 0.25) is 0 Å². The van der Waals surface area contributed by atoms with Crippen LogP contribution in [-0.2, 0) is 0 Å². The fourth-order valence-corrected chi connectivity index (χ4v) is 2.16. The first kappa shape index (κ1) is 19.5. The molecule has 1 aromatic carbocycles. The number of nitrogens with zero attached hydrogens (tertiary/aromatic N) is 2. The highest BCUT2D eigenvalue weighted by molar-refractivity contribution is 6.40. The van der Waals surface area contributed by atoms with Gasteiger partial charge in [0.1, 0.15) is 5.84 Å². The first-order chi connectivity index (χ1) is 11.4. The van der Waals surface area contributed by atoms with Crippen molar-refractivity contribution in [1.29, 1.82) is 5.41 Å². The number of benzene rings is 1. The van der Waals surface area contributed by atoms with Crippen molar-refractivity contribution < 1.29 is 0 Å². The van der Waals surface area contributed by atoms with E-state index in [0.29, 0.717) is 18.8 Å². The summed E-state index contributed by atoms with van der Waals surface area (Å²) in [5, 5.41) is 13.3. The number of nitrogens with one attached hydrogen (secondary N) is 3. The Balaban J connectivity index is 2.55. The molecule has 132 valence electrons. The maximum atomic E-state index is 7.12. The molecule has 0 radical (unpaired) electrons. The van der Waals surface area contributed by atoms with Crippen LogP contribution in [-0.4, -0.2) is 43.2 Å². The molecule has 0 saturated carbocycles. The third-order valence-corrected chi connectivity index (χ3v) is 3.71. The Kier molecular flexibility index (Phi) is 8.32. The molecular formula is C17H29N7.